The molecule has 8 heteroatoms. The number of ether oxygens (including phenoxy) is 2. The lowest BCUT2D eigenvalue weighted by Crippen LogP contribution is -2.17. The second kappa shape index (κ2) is 8.13. The number of pyridine rings is 1. The Balaban J connectivity index is 1.70. The van der Waals surface area contributed by atoms with E-state index in [1.165, 1.54) is 13.2 Å². The van der Waals surface area contributed by atoms with E-state index in [4.69, 9.17) is 13.9 Å². The van der Waals surface area contributed by atoms with E-state index in [0.717, 1.165) is 5.39 Å². The maximum absolute atomic E-state index is 13.2. The summed E-state index contributed by atoms with van der Waals surface area (Å²) in [4.78, 5) is 30.3. The van der Waals surface area contributed by atoms with Gasteiger partial charge in [0.1, 0.15) is 16.7 Å². The van der Waals surface area contributed by atoms with E-state index in [9.17, 15) is 19.8 Å². The highest BCUT2D eigenvalue weighted by Crippen LogP contribution is 2.55. The molecule has 2 N–H and O–H groups in total. The summed E-state index contributed by atoms with van der Waals surface area (Å²) in [5, 5.41) is 22.3. The lowest BCUT2D eigenvalue weighted by Gasteiger charge is -2.28. The van der Waals surface area contributed by atoms with Crippen LogP contribution in [0.4, 0.5) is 0 Å². The summed E-state index contributed by atoms with van der Waals surface area (Å²) in [5.41, 5.74) is 1.58. The number of para-hydroxylation sites is 1. The van der Waals surface area contributed by atoms with Gasteiger partial charge in [0.25, 0.3) is 0 Å². The standard InChI is InChI=1S/C28H19NO7/c1-34-21(31)12-16-17-11-15-9-5-6-10-18(15)29-28(17)36-27-22(16)26-23(24(32)25(27)33)19(30)13-20(35-26)14-7-3-2-4-8-14/h2-11,13,16,32-33H,12H2,1H3/t16-/m1/s1. The van der Waals surface area contributed by atoms with Gasteiger partial charge in [-0.3, -0.25) is 9.59 Å². The van der Waals surface area contributed by atoms with Gasteiger partial charge >= 0.3 is 5.97 Å². The summed E-state index contributed by atoms with van der Waals surface area (Å²) >= 11 is 0. The summed E-state index contributed by atoms with van der Waals surface area (Å²) in [6, 6.07) is 19.5. The monoisotopic (exact) mass is 481 g/mol. The van der Waals surface area contributed by atoms with Crippen LogP contribution < -0.4 is 10.2 Å². The first kappa shape index (κ1) is 21.7. The number of carbonyl (C=O) groups excluding carboxylic acids is 1. The van der Waals surface area contributed by atoms with Crippen LogP contribution in [0.5, 0.6) is 23.1 Å². The predicted octanol–water partition coefficient (Wildman–Crippen LogP) is 5.22. The van der Waals surface area contributed by atoms with Gasteiger partial charge in [-0.2, -0.15) is 0 Å². The molecule has 6 rings (SSSR count). The van der Waals surface area contributed by atoms with E-state index in [-0.39, 0.29) is 40.3 Å². The smallest absolute Gasteiger partial charge is 0.306 e. The Morgan fingerprint density at radius 1 is 1.03 bits per heavy atom. The van der Waals surface area contributed by atoms with Gasteiger partial charge in [-0.05, 0) is 12.1 Å². The van der Waals surface area contributed by atoms with Crippen LogP contribution in [0, 0.1) is 0 Å². The lowest BCUT2D eigenvalue weighted by atomic mass is 9.84. The van der Waals surface area contributed by atoms with Crippen molar-refractivity contribution in [3.63, 3.8) is 0 Å². The van der Waals surface area contributed by atoms with Crippen molar-refractivity contribution < 1.29 is 28.9 Å². The van der Waals surface area contributed by atoms with Crippen LogP contribution >= 0.6 is 0 Å². The minimum atomic E-state index is -0.739. The molecule has 2 aromatic heterocycles. The molecular formula is C28H19NO7. The average Bonchev–Trinajstić information content (AvgIpc) is 2.90. The number of hydrogen-bond acceptors (Lipinski definition) is 8. The second-order valence-corrected chi connectivity index (χ2v) is 8.50. The van der Waals surface area contributed by atoms with Crippen molar-refractivity contribution in [1.82, 2.24) is 4.98 Å². The quantitative estimate of drug-likeness (QED) is 0.266. The van der Waals surface area contributed by atoms with E-state index in [1.807, 2.05) is 36.4 Å². The van der Waals surface area contributed by atoms with Crippen LogP contribution in [0.15, 0.2) is 75.9 Å². The number of hydrogen-bond donors (Lipinski definition) is 2. The van der Waals surface area contributed by atoms with Gasteiger partial charge in [-0.15, -0.1) is 0 Å². The third-order valence-electron chi connectivity index (χ3n) is 6.41. The molecule has 0 saturated carbocycles. The number of phenolic OH excluding ortho intramolecular Hbond substituents is 2. The normalized spacial score (nSPS) is 14.2. The fraction of sp³-hybridized carbons (Fsp3) is 0.107. The van der Waals surface area contributed by atoms with Crippen molar-refractivity contribution in [2.24, 2.45) is 0 Å². The first-order chi connectivity index (χ1) is 17.5. The summed E-state index contributed by atoms with van der Waals surface area (Å²) < 4.78 is 17.1. The number of methoxy groups -OCH3 is 1. The Morgan fingerprint density at radius 3 is 2.56 bits per heavy atom. The molecule has 36 heavy (non-hydrogen) atoms. The van der Waals surface area contributed by atoms with Gasteiger partial charge in [0.2, 0.25) is 11.6 Å². The molecule has 0 fully saturated rings. The first-order valence-corrected chi connectivity index (χ1v) is 11.2. The lowest BCUT2D eigenvalue weighted by molar-refractivity contribution is -0.140. The van der Waals surface area contributed by atoms with Gasteiger partial charge in [0.15, 0.2) is 16.9 Å². The highest BCUT2D eigenvalue weighted by molar-refractivity contribution is 5.95. The van der Waals surface area contributed by atoms with Crippen LogP contribution in [-0.2, 0) is 9.53 Å². The van der Waals surface area contributed by atoms with Crippen molar-refractivity contribution >= 4 is 27.8 Å². The van der Waals surface area contributed by atoms with E-state index < -0.39 is 28.8 Å². The van der Waals surface area contributed by atoms with Crippen LogP contribution in [0.3, 0.4) is 0 Å². The summed E-state index contributed by atoms with van der Waals surface area (Å²) in [7, 11) is 1.28. The van der Waals surface area contributed by atoms with Gasteiger partial charge in [0.05, 0.1) is 24.6 Å². The highest BCUT2D eigenvalue weighted by Gasteiger charge is 2.38. The number of aromatic nitrogens is 1. The van der Waals surface area contributed by atoms with Crippen molar-refractivity contribution in [2.75, 3.05) is 7.11 Å². The number of rotatable bonds is 3. The second-order valence-electron chi connectivity index (χ2n) is 8.50. The fourth-order valence-electron chi connectivity index (χ4n) is 4.69. The zero-order valence-electron chi connectivity index (χ0n) is 19.0. The average molecular weight is 481 g/mol. The number of fused-ring (bicyclic) bond motifs is 5. The summed E-state index contributed by atoms with van der Waals surface area (Å²) in [6.07, 6.45) is -0.140. The molecule has 0 spiro atoms. The molecule has 178 valence electrons. The molecule has 0 amide bonds. The molecular weight excluding hydrogens is 462 g/mol. The van der Waals surface area contributed by atoms with E-state index in [0.29, 0.717) is 16.6 Å². The van der Waals surface area contributed by atoms with Gasteiger partial charge in [-0.25, -0.2) is 4.98 Å². The Kier molecular flexibility index (Phi) is 4.89. The van der Waals surface area contributed by atoms with Crippen LogP contribution in [-0.4, -0.2) is 28.3 Å². The number of aromatic hydroxyl groups is 2. The van der Waals surface area contributed by atoms with Crippen LogP contribution in [0.1, 0.15) is 23.5 Å². The Bertz CT molecular complexity index is 1740. The third kappa shape index (κ3) is 3.26. The zero-order valence-corrected chi connectivity index (χ0v) is 19.0. The molecule has 0 unspecified atom stereocenters. The third-order valence-corrected chi connectivity index (χ3v) is 6.41. The number of nitrogens with zero attached hydrogens (tertiary/aromatic N) is 1. The molecule has 5 aromatic rings. The van der Waals surface area contributed by atoms with Gasteiger partial charge < -0.3 is 24.1 Å². The van der Waals surface area contributed by atoms with Crippen molar-refractivity contribution in [2.45, 2.75) is 12.3 Å². The number of esters is 1. The topological polar surface area (TPSA) is 119 Å². The first-order valence-electron chi connectivity index (χ1n) is 11.2. The molecule has 3 heterocycles. The minimum absolute atomic E-state index is 0.0133. The maximum atomic E-state index is 13.2. The van der Waals surface area contributed by atoms with Gasteiger partial charge in [0, 0.05) is 28.5 Å². The molecule has 0 saturated heterocycles. The Morgan fingerprint density at radius 2 is 1.78 bits per heavy atom. The Hall–Kier alpha value is -4.85. The van der Waals surface area contributed by atoms with Crippen LogP contribution in [0.25, 0.3) is 33.2 Å². The van der Waals surface area contributed by atoms with Crippen molar-refractivity contribution in [3.8, 4) is 34.5 Å². The molecule has 1 aliphatic heterocycles. The number of carbonyl (C=O) groups is 1. The SMILES string of the molecule is COC(=O)C[C@@H]1c2cc3ccccc3nc2Oc2c(O)c(O)c3c(=O)cc(-c4ccccc4)oc3c21. The molecule has 3 aromatic carbocycles. The van der Waals surface area contributed by atoms with E-state index in [2.05, 4.69) is 4.98 Å². The van der Waals surface area contributed by atoms with Crippen molar-refractivity contribution in [1.29, 1.82) is 0 Å². The number of phenols is 2. The van der Waals surface area contributed by atoms with E-state index >= 15 is 0 Å². The summed E-state index contributed by atoms with van der Waals surface area (Å²) in [5.74, 6) is -2.25. The molecule has 8 nitrogen and oxygen atoms in total. The largest absolute Gasteiger partial charge is 0.504 e. The molecule has 0 aliphatic carbocycles. The number of benzene rings is 3. The fourth-order valence-corrected chi connectivity index (χ4v) is 4.69. The molecule has 0 bridgehead atoms. The minimum Gasteiger partial charge on any atom is -0.504 e. The van der Waals surface area contributed by atoms with Crippen molar-refractivity contribution in [3.05, 3.63) is 88.1 Å². The predicted molar refractivity (Wildman–Crippen MR) is 132 cm³/mol. The highest BCUT2D eigenvalue weighted by atomic mass is 16.5. The van der Waals surface area contributed by atoms with Gasteiger partial charge in [-0.1, -0.05) is 48.5 Å². The molecule has 0 radical (unpaired) electrons. The van der Waals surface area contributed by atoms with Crippen LogP contribution in [0.2, 0.25) is 0 Å². The summed E-state index contributed by atoms with van der Waals surface area (Å²) in [6.45, 7) is 0. The Labute approximate surface area is 204 Å². The zero-order chi connectivity index (χ0) is 25.0. The maximum Gasteiger partial charge on any atom is 0.306 e. The van der Waals surface area contributed by atoms with E-state index in [1.54, 1.807) is 24.3 Å². The molecule has 1 aliphatic rings. The molecule has 1 atom stereocenters.